The van der Waals surface area contributed by atoms with Gasteiger partial charge in [-0.3, -0.25) is 19.2 Å². The lowest BCUT2D eigenvalue weighted by Gasteiger charge is -2.53. The first kappa shape index (κ1) is 31.2. The number of thiazole rings is 1. The minimum atomic E-state index is -1.24. The summed E-state index contributed by atoms with van der Waals surface area (Å²) in [6.45, 7) is 2.31. The van der Waals surface area contributed by atoms with E-state index in [1.807, 2.05) is 0 Å². The summed E-state index contributed by atoms with van der Waals surface area (Å²) in [7, 11) is 0. The number of nitriles is 1. The van der Waals surface area contributed by atoms with Crippen LogP contribution in [0, 0.1) is 16.7 Å². The number of nitrogens with zero attached hydrogens (tertiary/aromatic N) is 8. The molecule has 42 heavy (non-hydrogen) atoms. The van der Waals surface area contributed by atoms with Crippen molar-refractivity contribution in [2.45, 2.75) is 55.7 Å². The lowest BCUT2D eigenvalue weighted by atomic mass is 9.89. The number of nitrogens with one attached hydrogen (secondary N) is 2. The zero-order valence-corrected chi connectivity index (χ0v) is 24.9. The molecule has 2 aliphatic heterocycles. The van der Waals surface area contributed by atoms with Crippen molar-refractivity contribution in [3.63, 3.8) is 0 Å². The molecular formula is C23H28N10O6S3. The Morgan fingerprint density at radius 2 is 2.24 bits per heavy atom. The zero-order chi connectivity index (χ0) is 30.1. The predicted molar refractivity (Wildman–Crippen MR) is 153 cm³/mol. The number of oxime groups is 1. The Balaban J connectivity index is 1.39. The standard InChI is InChI=1S/C23H28N10O6S3/c1-2-3-4-5-7-33-22(28-30-31-33)42-12-23(20(37)38)10-32-18(36)16(19(32)41-11-23)27-17(35)15(29-39-8-6-24)14-9-40-21(26-14)25-13-34/h9,13,16,19H,2-5,7-8,10-12H2,1H3,(H,27,35)(H,37,38)(H,25,26,34)/t16?,19-,23?/m1/s1. The predicted octanol–water partition coefficient (Wildman–Crippen LogP) is 0.786. The molecule has 16 nitrogen and oxygen atoms in total. The molecule has 224 valence electrons. The second-order valence-electron chi connectivity index (χ2n) is 9.41. The van der Waals surface area contributed by atoms with Gasteiger partial charge in [0.1, 0.15) is 28.6 Å². The number of hydrogen-bond acceptors (Lipinski definition) is 14. The quantitative estimate of drug-likeness (QED) is 0.0580. The Labute approximate surface area is 252 Å². The number of fused-ring (bicyclic) bond motifs is 1. The largest absolute Gasteiger partial charge is 0.481 e. The number of aliphatic carboxylic acids is 1. The molecule has 0 spiro atoms. The number of thioether (sulfide) groups is 2. The molecule has 2 unspecified atom stereocenters. The van der Waals surface area contributed by atoms with Crippen LogP contribution in [-0.4, -0.2) is 101 Å². The van der Waals surface area contributed by atoms with Crippen molar-refractivity contribution in [1.82, 2.24) is 35.4 Å². The van der Waals surface area contributed by atoms with Crippen molar-refractivity contribution < 1.29 is 29.1 Å². The number of aryl methyl sites for hydroxylation is 1. The lowest BCUT2D eigenvalue weighted by Crippen LogP contribution is -2.74. The maximum absolute atomic E-state index is 13.1. The van der Waals surface area contributed by atoms with E-state index in [0.29, 0.717) is 18.1 Å². The van der Waals surface area contributed by atoms with E-state index >= 15 is 0 Å². The van der Waals surface area contributed by atoms with Gasteiger partial charge in [-0.2, -0.15) is 5.26 Å². The molecule has 2 fully saturated rings. The van der Waals surface area contributed by atoms with Gasteiger partial charge in [-0.1, -0.05) is 43.1 Å². The number of amides is 3. The Morgan fingerprint density at radius 1 is 1.40 bits per heavy atom. The highest BCUT2D eigenvalue weighted by Gasteiger charge is 2.57. The van der Waals surface area contributed by atoms with Crippen LogP contribution in [0.25, 0.3) is 0 Å². The lowest BCUT2D eigenvalue weighted by molar-refractivity contribution is -0.157. The molecule has 19 heteroatoms. The van der Waals surface area contributed by atoms with Gasteiger partial charge in [0, 0.05) is 30.0 Å². The average molecular weight is 637 g/mol. The molecular weight excluding hydrogens is 609 g/mol. The summed E-state index contributed by atoms with van der Waals surface area (Å²) in [6.07, 6.45) is 4.62. The molecule has 3 atom stereocenters. The van der Waals surface area contributed by atoms with Gasteiger partial charge in [0.25, 0.3) is 5.91 Å². The van der Waals surface area contributed by atoms with Crippen LogP contribution in [-0.2, 0) is 30.6 Å². The number of carboxylic acids is 1. The molecule has 2 saturated heterocycles. The van der Waals surface area contributed by atoms with Crippen LogP contribution in [0.5, 0.6) is 0 Å². The summed E-state index contributed by atoms with van der Waals surface area (Å²) >= 11 is 3.55. The number of aromatic nitrogens is 5. The highest BCUT2D eigenvalue weighted by molar-refractivity contribution is 8.00. The number of β-lactam (4-membered cyclic amide) rings is 1. The van der Waals surface area contributed by atoms with E-state index in [1.165, 1.54) is 33.8 Å². The molecule has 2 aromatic heterocycles. The maximum atomic E-state index is 13.1. The molecule has 0 radical (unpaired) electrons. The number of tetrazole rings is 1. The highest BCUT2D eigenvalue weighted by Crippen LogP contribution is 2.44. The van der Waals surface area contributed by atoms with Crippen LogP contribution in [0.1, 0.15) is 38.3 Å². The summed E-state index contributed by atoms with van der Waals surface area (Å²) in [5.74, 6) is -1.88. The Bertz CT molecular complexity index is 1380. The average Bonchev–Trinajstić information content (AvgIpc) is 3.64. The first-order valence-corrected chi connectivity index (χ1v) is 15.8. The Morgan fingerprint density at radius 3 is 2.98 bits per heavy atom. The van der Waals surface area contributed by atoms with Crippen LogP contribution in [0.3, 0.4) is 0 Å². The molecule has 0 bridgehead atoms. The summed E-state index contributed by atoms with van der Waals surface area (Å²) in [5.41, 5.74) is -1.44. The van der Waals surface area contributed by atoms with E-state index < -0.39 is 41.2 Å². The van der Waals surface area contributed by atoms with Crippen molar-refractivity contribution in [2.75, 3.05) is 30.0 Å². The summed E-state index contributed by atoms with van der Waals surface area (Å²) in [6, 6.07) is 0.809. The Hall–Kier alpha value is -3.76. The van der Waals surface area contributed by atoms with Crippen LogP contribution in [0.2, 0.25) is 0 Å². The second-order valence-corrected chi connectivity index (χ2v) is 12.3. The van der Waals surface area contributed by atoms with Crippen molar-refractivity contribution in [3.05, 3.63) is 11.1 Å². The van der Waals surface area contributed by atoms with E-state index in [-0.39, 0.29) is 34.6 Å². The third kappa shape index (κ3) is 6.99. The molecule has 3 amide bonds. The number of rotatable bonds is 16. The third-order valence-electron chi connectivity index (χ3n) is 6.51. The van der Waals surface area contributed by atoms with Crippen molar-refractivity contribution >= 4 is 69.9 Å². The zero-order valence-electron chi connectivity index (χ0n) is 22.5. The number of carbonyl (C=O) groups excluding carboxylic acids is 3. The number of unbranched alkanes of at least 4 members (excludes halogenated alkanes) is 3. The molecule has 0 saturated carbocycles. The van der Waals surface area contributed by atoms with Gasteiger partial charge >= 0.3 is 5.97 Å². The normalized spacial score (nSPS) is 21.6. The minimum absolute atomic E-state index is 0.0324. The van der Waals surface area contributed by atoms with E-state index in [0.717, 1.165) is 37.0 Å². The molecule has 0 aliphatic carbocycles. The second kappa shape index (κ2) is 14.4. The summed E-state index contributed by atoms with van der Waals surface area (Å²) in [4.78, 5) is 59.8. The summed E-state index contributed by atoms with van der Waals surface area (Å²) < 4.78 is 1.68. The monoisotopic (exact) mass is 636 g/mol. The van der Waals surface area contributed by atoms with Gasteiger partial charge in [0.2, 0.25) is 24.1 Å². The van der Waals surface area contributed by atoms with Crippen molar-refractivity contribution in [3.8, 4) is 6.07 Å². The van der Waals surface area contributed by atoms with Gasteiger partial charge in [-0.15, -0.1) is 28.2 Å². The fourth-order valence-electron chi connectivity index (χ4n) is 4.28. The molecule has 2 aromatic rings. The minimum Gasteiger partial charge on any atom is -0.481 e. The molecule has 2 aliphatic rings. The fraction of sp³-hybridized carbons (Fsp3) is 0.565. The van der Waals surface area contributed by atoms with E-state index in [1.54, 1.807) is 10.8 Å². The number of hydrogen-bond donors (Lipinski definition) is 3. The summed E-state index contributed by atoms with van der Waals surface area (Å²) in [5, 5.41) is 41.2. The van der Waals surface area contributed by atoms with Gasteiger partial charge in [0.05, 0.1) is 0 Å². The van der Waals surface area contributed by atoms with Gasteiger partial charge in [-0.05, 0) is 16.8 Å². The number of carbonyl (C=O) groups is 4. The topological polar surface area (TPSA) is 218 Å². The van der Waals surface area contributed by atoms with E-state index in [2.05, 4.69) is 43.2 Å². The van der Waals surface area contributed by atoms with E-state index in [4.69, 9.17) is 10.1 Å². The van der Waals surface area contributed by atoms with Crippen LogP contribution in [0.4, 0.5) is 5.13 Å². The molecule has 0 aromatic carbocycles. The maximum Gasteiger partial charge on any atom is 0.313 e. The fourth-order valence-corrected chi connectivity index (χ4v) is 7.70. The van der Waals surface area contributed by atoms with Gasteiger partial charge in [-0.25, -0.2) is 9.67 Å². The van der Waals surface area contributed by atoms with Crippen molar-refractivity contribution in [1.29, 1.82) is 5.26 Å². The Kier molecular flexibility index (Phi) is 10.7. The number of carboxylic acid groups (broad SMARTS) is 1. The number of anilines is 1. The first-order valence-electron chi connectivity index (χ1n) is 12.9. The third-order valence-corrected chi connectivity index (χ3v) is 10.1. The molecule has 4 heterocycles. The van der Waals surface area contributed by atoms with Gasteiger partial charge < -0.3 is 25.5 Å². The molecule has 3 N–H and O–H groups in total. The molecule has 4 rings (SSSR count). The van der Waals surface area contributed by atoms with Crippen LogP contribution < -0.4 is 10.6 Å². The SMILES string of the molecule is CCCCCCn1nnnc1SCC1(C(=O)O)CS[C@@H]2C(NC(=O)C(=NOCC#N)c3csc(NC=O)n3)C(=O)N2C1. The highest BCUT2D eigenvalue weighted by atomic mass is 32.2. The first-order chi connectivity index (χ1) is 20.3. The van der Waals surface area contributed by atoms with Crippen LogP contribution >= 0.6 is 34.9 Å². The smallest absolute Gasteiger partial charge is 0.313 e. The van der Waals surface area contributed by atoms with E-state index in [9.17, 15) is 24.3 Å². The van der Waals surface area contributed by atoms with Crippen LogP contribution in [0.15, 0.2) is 15.7 Å². The van der Waals surface area contributed by atoms with Gasteiger partial charge in [0.15, 0.2) is 10.8 Å². The van der Waals surface area contributed by atoms with Crippen molar-refractivity contribution in [2.24, 2.45) is 10.6 Å².